The second kappa shape index (κ2) is 6.93. The molecule has 1 aromatic carbocycles. The number of hydrogen-bond donors (Lipinski definition) is 1. The lowest BCUT2D eigenvalue weighted by atomic mass is 10.2. The molecule has 3 rings (SSSR count). The van der Waals surface area contributed by atoms with Crippen LogP contribution in [0, 0.1) is 0 Å². The van der Waals surface area contributed by atoms with Gasteiger partial charge in [0, 0.05) is 12.4 Å². The molecule has 0 spiro atoms. The zero-order valence-corrected chi connectivity index (χ0v) is 13.3. The summed E-state index contributed by atoms with van der Waals surface area (Å²) in [5.74, 6) is 0.551. The summed E-state index contributed by atoms with van der Waals surface area (Å²) in [6.07, 6.45) is 5.40. The number of benzene rings is 1. The number of thiophene rings is 1. The van der Waals surface area contributed by atoms with Gasteiger partial charge in [-0.25, -0.2) is 5.43 Å². The minimum Gasteiger partial charge on any atom is -0.497 e. The van der Waals surface area contributed by atoms with E-state index >= 15 is 0 Å². The highest BCUT2D eigenvalue weighted by Crippen LogP contribution is 2.21. The molecule has 0 saturated carbocycles. The molecule has 1 N–H and O–H groups in total. The van der Waals surface area contributed by atoms with E-state index in [9.17, 15) is 4.79 Å². The summed E-state index contributed by atoms with van der Waals surface area (Å²) in [5, 5.41) is 5.89. The lowest BCUT2D eigenvalue weighted by Crippen LogP contribution is -2.17. The fraction of sp³-hybridized carbons (Fsp3) is 0.0588. The van der Waals surface area contributed by atoms with Crippen molar-refractivity contribution in [3.05, 3.63) is 70.7 Å². The van der Waals surface area contributed by atoms with Gasteiger partial charge in [0.15, 0.2) is 0 Å². The quantitative estimate of drug-likeness (QED) is 0.578. The maximum absolute atomic E-state index is 12.3. The van der Waals surface area contributed by atoms with Crippen molar-refractivity contribution in [1.29, 1.82) is 0 Å². The minimum absolute atomic E-state index is 0.228. The van der Waals surface area contributed by atoms with Crippen LogP contribution in [0.25, 0.3) is 5.69 Å². The number of amides is 1. The third-order valence-corrected chi connectivity index (χ3v) is 4.13. The monoisotopic (exact) mass is 325 g/mol. The van der Waals surface area contributed by atoms with Crippen molar-refractivity contribution in [1.82, 2.24) is 9.99 Å². The predicted molar refractivity (Wildman–Crippen MR) is 91.7 cm³/mol. The standard InChI is InChI=1S/C17H15N3O2S/c1-22-14-6-4-13(5-7-14)12-18-19-17(21)16-15(8-11-23-16)20-9-2-3-10-20/h2-12H,1H3,(H,19,21)/b18-12-. The highest BCUT2D eigenvalue weighted by Gasteiger charge is 2.13. The molecule has 0 fully saturated rings. The van der Waals surface area contributed by atoms with Gasteiger partial charge in [0.25, 0.3) is 5.91 Å². The largest absolute Gasteiger partial charge is 0.497 e. The molecule has 116 valence electrons. The van der Waals surface area contributed by atoms with E-state index in [-0.39, 0.29) is 5.91 Å². The highest BCUT2D eigenvalue weighted by molar-refractivity contribution is 7.12. The predicted octanol–water partition coefficient (Wildman–Crippen LogP) is 3.31. The Morgan fingerprint density at radius 3 is 2.65 bits per heavy atom. The molecule has 0 aliphatic heterocycles. The van der Waals surface area contributed by atoms with Gasteiger partial charge in [0.1, 0.15) is 10.6 Å². The summed E-state index contributed by atoms with van der Waals surface area (Å²) in [6.45, 7) is 0. The van der Waals surface area contributed by atoms with Gasteiger partial charge in [-0.3, -0.25) is 4.79 Å². The fourth-order valence-electron chi connectivity index (χ4n) is 2.08. The number of carbonyl (C=O) groups is 1. The third kappa shape index (κ3) is 3.49. The molecule has 0 saturated heterocycles. The van der Waals surface area contributed by atoms with E-state index in [1.54, 1.807) is 13.3 Å². The van der Waals surface area contributed by atoms with E-state index in [4.69, 9.17) is 4.74 Å². The number of aromatic nitrogens is 1. The van der Waals surface area contributed by atoms with Crippen LogP contribution >= 0.6 is 11.3 Å². The zero-order chi connectivity index (χ0) is 16.1. The van der Waals surface area contributed by atoms with Crippen LogP contribution in [0.2, 0.25) is 0 Å². The molecule has 2 aromatic heterocycles. The first-order chi connectivity index (χ1) is 11.3. The van der Waals surface area contributed by atoms with E-state index in [2.05, 4.69) is 10.5 Å². The fourth-order valence-corrected chi connectivity index (χ4v) is 2.86. The molecule has 0 aliphatic rings. The molecule has 3 aromatic rings. The molecule has 0 unspecified atom stereocenters. The van der Waals surface area contributed by atoms with E-state index in [0.29, 0.717) is 4.88 Å². The molecule has 0 atom stereocenters. The van der Waals surface area contributed by atoms with Crippen LogP contribution in [0.5, 0.6) is 5.75 Å². The second-order valence-corrected chi connectivity index (χ2v) is 5.61. The molecular weight excluding hydrogens is 310 g/mol. The number of ether oxygens (including phenoxy) is 1. The van der Waals surface area contributed by atoms with Gasteiger partial charge in [0.2, 0.25) is 0 Å². The van der Waals surface area contributed by atoms with Crippen LogP contribution in [0.15, 0.2) is 65.3 Å². The first-order valence-corrected chi connectivity index (χ1v) is 7.84. The first kappa shape index (κ1) is 15.1. The van der Waals surface area contributed by atoms with Crippen molar-refractivity contribution < 1.29 is 9.53 Å². The van der Waals surface area contributed by atoms with Crippen LogP contribution in [-0.2, 0) is 0 Å². The van der Waals surface area contributed by atoms with E-state index in [1.165, 1.54) is 11.3 Å². The number of rotatable bonds is 5. The lowest BCUT2D eigenvalue weighted by Gasteiger charge is -2.03. The molecule has 23 heavy (non-hydrogen) atoms. The Hall–Kier alpha value is -2.86. The maximum atomic E-state index is 12.3. The van der Waals surface area contributed by atoms with Crippen LogP contribution in [0.4, 0.5) is 0 Å². The van der Waals surface area contributed by atoms with Gasteiger partial charge in [0.05, 0.1) is 19.0 Å². The number of hydrogen-bond acceptors (Lipinski definition) is 4. The van der Waals surface area contributed by atoms with Gasteiger partial charge in [-0.15, -0.1) is 11.3 Å². The Kier molecular flexibility index (Phi) is 4.54. The van der Waals surface area contributed by atoms with Crippen molar-refractivity contribution in [2.45, 2.75) is 0 Å². The topological polar surface area (TPSA) is 55.6 Å². The minimum atomic E-state index is -0.228. The lowest BCUT2D eigenvalue weighted by molar-refractivity contribution is 0.0959. The van der Waals surface area contributed by atoms with Gasteiger partial charge < -0.3 is 9.30 Å². The Morgan fingerprint density at radius 1 is 1.22 bits per heavy atom. The third-order valence-electron chi connectivity index (χ3n) is 3.23. The molecule has 5 nitrogen and oxygen atoms in total. The second-order valence-electron chi connectivity index (χ2n) is 4.70. The van der Waals surface area contributed by atoms with Crippen molar-refractivity contribution in [2.24, 2.45) is 5.10 Å². The Bertz CT molecular complexity index is 805. The van der Waals surface area contributed by atoms with Crippen LogP contribution in [0.3, 0.4) is 0 Å². The summed E-state index contributed by atoms with van der Waals surface area (Å²) < 4.78 is 7.00. The summed E-state index contributed by atoms with van der Waals surface area (Å²) >= 11 is 1.38. The van der Waals surface area contributed by atoms with Gasteiger partial charge in [-0.05, 0) is 53.4 Å². The molecule has 1 amide bonds. The smallest absolute Gasteiger partial charge is 0.283 e. The maximum Gasteiger partial charge on any atom is 0.283 e. The van der Waals surface area contributed by atoms with Crippen molar-refractivity contribution in [3.63, 3.8) is 0 Å². The van der Waals surface area contributed by atoms with Crippen molar-refractivity contribution in [3.8, 4) is 11.4 Å². The normalized spacial score (nSPS) is 10.8. The highest BCUT2D eigenvalue weighted by atomic mass is 32.1. The number of nitrogens with one attached hydrogen (secondary N) is 1. The number of methoxy groups -OCH3 is 1. The van der Waals surface area contributed by atoms with Crippen molar-refractivity contribution >= 4 is 23.5 Å². The van der Waals surface area contributed by atoms with E-state index < -0.39 is 0 Å². The van der Waals surface area contributed by atoms with Crippen molar-refractivity contribution in [2.75, 3.05) is 7.11 Å². The van der Waals surface area contributed by atoms with Gasteiger partial charge in [-0.2, -0.15) is 5.10 Å². The number of hydrazone groups is 1. The van der Waals surface area contributed by atoms with Crippen LogP contribution in [-0.4, -0.2) is 23.8 Å². The van der Waals surface area contributed by atoms with Crippen LogP contribution in [0.1, 0.15) is 15.2 Å². The number of carbonyl (C=O) groups excluding carboxylic acids is 1. The Morgan fingerprint density at radius 2 is 1.96 bits per heavy atom. The molecule has 0 radical (unpaired) electrons. The zero-order valence-electron chi connectivity index (χ0n) is 12.5. The first-order valence-electron chi connectivity index (χ1n) is 6.96. The van der Waals surface area contributed by atoms with Gasteiger partial charge in [-0.1, -0.05) is 0 Å². The summed E-state index contributed by atoms with van der Waals surface area (Å²) in [5.41, 5.74) is 4.28. The summed E-state index contributed by atoms with van der Waals surface area (Å²) in [4.78, 5) is 12.9. The van der Waals surface area contributed by atoms with Crippen LogP contribution < -0.4 is 10.2 Å². The average molecular weight is 325 g/mol. The molecular formula is C17H15N3O2S. The average Bonchev–Trinajstić information content (AvgIpc) is 3.26. The molecule has 0 aliphatic carbocycles. The molecule has 2 heterocycles. The van der Waals surface area contributed by atoms with Gasteiger partial charge >= 0.3 is 0 Å². The Labute approximate surface area is 137 Å². The van der Waals surface area contributed by atoms with E-state index in [1.807, 2.05) is 64.8 Å². The summed E-state index contributed by atoms with van der Waals surface area (Å²) in [7, 11) is 1.62. The Balaban J connectivity index is 1.68. The molecule has 0 bridgehead atoms. The molecule has 6 heteroatoms. The summed E-state index contributed by atoms with van der Waals surface area (Å²) in [6, 6.07) is 13.2. The SMILES string of the molecule is COc1ccc(/C=N\NC(=O)c2sccc2-n2cccc2)cc1. The number of nitrogens with zero attached hydrogens (tertiary/aromatic N) is 2. The van der Waals surface area contributed by atoms with E-state index in [0.717, 1.165) is 17.0 Å².